The highest BCUT2D eigenvalue weighted by Crippen LogP contribution is 2.29. The van der Waals surface area contributed by atoms with Crippen molar-refractivity contribution in [3.8, 4) is 11.3 Å². The van der Waals surface area contributed by atoms with Crippen molar-refractivity contribution < 1.29 is 13.2 Å². The summed E-state index contributed by atoms with van der Waals surface area (Å²) in [6.07, 6.45) is 4.76. The Morgan fingerprint density at radius 3 is 2.30 bits per heavy atom. The van der Waals surface area contributed by atoms with Crippen LogP contribution in [-0.2, 0) is 22.3 Å². The number of nitrogens with zero attached hydrogens (tertiary/aromatic N) is 5. The number of sulfone groups is 1. The van der Waals surface area contributed by atoms with E-state index >= 15 is 0 Å². The van der Waals surface area contributed by atoms with Crippen molar-refractivity contribution in [2.24, 2.45) is 7.05 Å². The van der Waals surface area contributed by atoms with Gasteiger partial charge in [-0.15, -0.1) is 0 Å². The van der Waals surface area contributed by atoms with E-state index in [2.05, 4.69) is 25.6 Å². The lowest BCUT2D eigenvalue weighted by molar-refractivity contribution is 0.102. The largest absolute Gasteiger partial charge is 0.369 e. The van der Waals surface area contributed by atoms with E-state index in [0.717, 1.165) is 22.5 Å². The second-order valence-corrected chi connectivity index (χ2v) is 14.0. The van der Waals surface area contributed by atoms with Crippen LogP contribution in [0.5, 0.6) is 0 Å². The maximum absolute atomic E-state index is 13.0. The van der Waals surface area contributed by atoms with E-state index in [4.69, 9.17) is 0 Å². The number of hydrogen-bond acceptors (Lipinski definition) is 9. The van der Waals surface area contributed by atoms with E-state index in [1.54, 1.807) is 25.5 Å². The summed E-state index contributed by atoms with van der Waals surface area (Å²) >= 11 is 0. The molecule has 0 radical (unpaired) electrons. The summed E-state index contributed by atoms with van der Waals surface area (Å²) in [7, 11) is -1.30. The second-order valence-electron chi connectivity index (χ2n) is 11.7. The first kappa shape index (κ1) is 29.9. The van der Waals surface area contributed by atoms with Crippen molar-refractivity contribution in [2.75, 3.05) is 40.1 Å². The van der Waals surface area contributed by atoms with Crippen LogP contribution in [0, 0.1) is 6.92 Å². The molecule has 2 aromatic heterocycles. The third-order valence-corrected chi connectivity index (χ3v) is 9.03. The highest BCUT2D eigenvalue weighted by atomic mass is 32.2. The number of benzene rings is 2. The van der Waals surface area contributed by atoms with Crippen LogP contribution in [0.4, 0.5) is 22.9 Å². The first-order valence-electron chi connectivity index (χ1n) is 13.9. The Hall–Kier alpha value is -4.58. The monoisotopic (exact) mass is 601 g/mol. The molecule has 0 aliphatic carbocycles. The van der Waals surface area contributed by atoms with Gasteiger partial charge in [0.25, 0.3) is 11.5 Å². The molecular weight excluding hydrogens is 566 g/mol. The Morgan fingerprint density at radius 2 is 1.67 bits per heavy atom. The number of amides is 1. The second kappa shape index (κ2) is 11.6. The topological polar surface area (TPSA) is 139 Å². The lowest BCUT2D eigenvalue weighted by atomic mass is 9.93. The molecule has 0 saturated carbocycles. The fraction of sp³-hybridized carbons (Fsp3) is 0.323. The maximum atomic E-state index is 13.0. The normalized spacial score (nSPS) is 14.8. The van der Waals surface area contributed by atoms with Crippen LogP contribution in [0.1, 0.15) is 42.5 Å². The molecule has 0 unspecified atom stereocenters. The molecule has 4 aromatic rings. The quantitative estimate of drug-likeness (QED) is 0.335. The lowest BCUT2D eigenvalue weighted by Crippen LogP contribution is -2.40. The number of anilines is 4. The first-order valence-corrected chi connectivity index (χ1v) is 15.8. The number of hydrogen-bond donors (Lipinski definition) is 2. The van der Waals surface area contributed by atoms with E-state index in [-0.39, 0.29) is 39.9 Å². The summed E-state index contributed by atoms with van der Waals surface area (Å²) in [6, 6.07) is 13.0. The Labute approximate surface area is 251 Å². The van der Waals surface area contributed by atoms with E-state index in [1.807, 2.05) is 69.0 Å². The zero-order chi connectivity index (χ0) is 30.9. The van der Waals surface area contributed by atoms with Gasteiger partial charge >= 0.3 is 0 Å². The Bertz CT molecular complexity index is 1810. The van der Waals surface area contributed by atoms with E-state index in [1.165, 1.54) is 10.8 Å². The van der Waals surface area contributed by atoms with E-state index in [9.17, 15) is 18.0 Å². The van der Waals surface area contributed by atoms with Gasteiger partial charge in [0.1, 0.15) is 5.69 Å². The molecule has 1 amide bonds. The number of aromatic nitrogens is 4. The van der Waals surface area contributed by atoms with Crippen LogP contribution >= 0.6 is 0 Å². The Balaban J connectivity index is 1.35. The molecule has 1 aliphatic heterocycles. The number of rotatable bonds is 6. The minimum atomic E-state index is -2.96. The molecule has 2 N–H and O–H groups in total. The van der Waals surface area contributed by atoms with Crippen molar-refractivity contribution >= 4 is 38.6 Å². The third kappa shape index (κ3) is 6.75. The first-order chi connectivity index (χ1) is 20.3. The van der Waals surface area contributed by atoms with E-state index < -0.39 is 9.84 Å². The molecule has 43 heavy (non-hydrogen) atoms. The average Bonchev–Trinajstić information content (AvgIpc) is 2.96. The molecule has 1 fully saturated rings. The molecule has 1 aliphatic rings. The Kier molecular flexibility index (Phi) is 8.06. The van der Waals surface area contributed by atoms with Gasteiger partial charge in [0.2, 0.25) is 0 Å². The molecule has 12 heteroatoms. The summed E-state index contributed by atoms with van der Waals surface area (Å²) in [5.41, 5.74) is 4.80. The molecule has 224 valence electrons. The predicted octanol–water partition coefficient (Wildman–Crippen LogP) is 4.07. The number of aryl methyl sites for hydroxylation is 1. The van der Waals surface area contributed by atoms with Crippen LogP contribution in [0.3, 0.4) is 0 Å². The molecular formula is C31H35N7O4S. The molecule has 5 rings (SSSR count). The number of carbonyl (C=O) groups is 1. The van der Waals surface area contributed by atoms with Crippen molar-refractivity contribution in [1.82, 2.24) is 19.5 Å². The van der Waals surface area contributed by atoms with Crippen LogP contribution in [-0.4, -0.2) is 58.4 Å². The van der Waals surface area contributed by atoms with Gasteiger partial charge in [-0.1, -0.05) is 32.9 Å². The van der Waals surface area contributed by atoms with Gasteiger partial charge in [-0.2, -0.15) is 0 Å². The fourth-order valence-corrected chi connectivity index (χ4v) is 5.95. The van der Waals surface area contributed by atoms with Gasteiger partial charge in [-0.3, -0.25) is 14.6 Å². The van der Waals surface area contributed by atoms with Gasteiger partial charge in [0.05, 0.1) is 29.1 Å². The van der Waals surface area contributed by atoms with Gasteiger partial charge < -0.3 is 20.1 Å². The summed E-state index contributed by atoms with van der Waals surface area (Å²) in [5, 5.41) is 6.05. The fourth-order valence-electron chi connectivity index (χ4n) is 4.75. The van der Waals surface area contributed by atoms with E-state index in [0.29, 0.717) is 30.2 Å². The highest BCUT2D eigenvalue weighted by Gasteiger charge is 2.22. The average molecular weight is 602 g/mol. The molecule has 1 saturated heterocycles. The molecule has 3 heterocycles. The van der Waals surface area contributed by atoms with Gasteiger partial charge in [-0.05, 0) is 42.8 Å². The summed E-state index contributed by atoms with van der Waals surface area (Å²) in [5.74, 6) is 0.0595. The van der Waals surface area contributed by atoms with Crippen molar-refractivity contribution in [3.63, 3.8) is 0 Å². The number of nitrogens with one attached hydrogen (secondary N) is 2. The smallest absolute Gasteiger partial charge is 0.293 e. The van der Waals surface area contributed by atoms with Crippen molar-refractivity contribution in [3.05, 3.63) is 88.4 Å². The standard InChI is InChI=1S/C31H35N7O4S/c1-20-23(7-6-8-24(20)36-29(39)25-17-33-27(18-32-25)31(2,3)4)26-19-37(5)30(40)28(35-26)34-21-9-11-22(12-10-21)38-13-15-43(41,42)16-14-38/h6-12,17-19H,13-16H2,1-5H3,(H,34,35)(H,36,39). The SMILES string of the molecule is Cc1c(NC(=O)c2cnc(C(C)(C)C)cn2)cccc1-c1cn(C)c(=O)c(Nc2ccc(N3CCS(=O)(=O)CC3)cc2)n1. The highest BCUT2D eigenvalue weighted by molar-refractivity contribution is 7.91. The minimum Gasteiger partial charge on any atom is -0.369 e. The Morgan fingerprint density at radius 1 is 0.977 bits per heavy atom. The molecule has 11 nitrogen and oxygen atoms in total. The summed E-state index contributed by atoms with van der Waals surface area (Å²) < 4.78 is 25.0. The van der Waals surface area contributed by atoms with Gasteiger partial charge in [-0.25, -0.2) is 18.4 Å². The van der Waals surface area contributed by atoms with Crippen molar-refractivity contribution in [1.29, 1.82) is 0 Å². The third-order valence-electron chi connectivity index (χ3n) is 7.42. The van der Waals surface area contributed by atoms with Gasteiger partial charge in [0.15, 0.2) is 15.7 Å². The zero-order valence-corrected chi connectivity index (χ0v) is 25.7. The van der Waals surface area contributed by atoms with Crippen LogP contribution in [0.2, 0.25) is 0 Å². The summed E-state index contributed by atoms with van der Waals surface area (Å²) in [4.78, 5) is 41.3. The molecule has 0 atom stereocenters. The molecule has 2 aromatic carbocycles. The maximum Gasteiger partial charge on any atom is 0.293 e. The summed E-state index contributed by atoms with van der Waals surface area (Å²) in [6.45, 7) is 8.88. The van der Waals surface area contributed by atoms with Crippen molar-refractivity contribution in [2.45, 2.75) is 33.1 Å². The number of carbonyl (C=O) groups excluding carboxylic acids is 1. The van der Waals surface area contributed by atoms with Crippen LogP contribution in [0.15, 0.2) is 65.8 Å². The van der Waals surface area contributed by atoms with Crippen LogP contribution in [0.25, 0.3) is 11.3 Å². The predicted molar refractivity (Wildman–Crippen MR) is 169 cm³/mol. The molecule has 0 spiro atoms. The zero-order valence-electron chi connectivity index (χ0n) is 24.9. The lowest BCUT2D eigenvalue weighted by Gasteiger charge is -2.28. The minimum absolute atomic E-state index is 0.142. The molecule has 0 bridgehead atoms. The van der Waals surface area contributed by atoms with Gasteiger partial charge in [0, 0.05) is 60.6 Å². The van der Waals surface area contributed by atoms with Crippen LogP contribution < -0.4 is 21.1 Å².